The van der Waals surface area contributed by atoms with E-state index >= 15 is 0 Å². The number of carbonyl (C=O) groups excluding carboxylic acids is 1. The van der Waals surface area contributed by atoms with Gasteiger partial charge in [-0.05, 0) is 50.3 Å². The number of carbonyl (C=O) groups is 1. The zero-order valence-corrected chi connectivity index (χ0v) is 16.8. The number of anilines is 1. The minimum Gasteiger partial charge on any atom is -0.387 e. The van der Waals surface area contributed by atoms with Crippen LogP contribution >= 0.6 is 0 Å². The molecule has 1 amide bonds. The van der Waals surface area contributed by atoms with Gasteiger partial charge in [0.15, 0.2) is 0 Å². The fourth-order valence-electron chi connectivity index (χ4n) is 4.34. The molecule has 154 valence electrons. The summed E-state index contributed by atoms with van der Waals surface area (Å²) < 4.78 is 13.2. The number of likely N-dealkylation sites (tertiary alicyclic amines) is 1. The Morgan fingerprint density at radius 3 is 2.59 bits per heavy atom. The molecule has 0 aliphatic carbocycles. The molecular weight excluding hydrogens is 371 g/mol. The zero-order chi connectivity index (χ0) is 20.4. The van der Waals surface area contributed by atoms with E-state index in [0.29, 0.717) is 19.6 Å². The number of hydrogen-bond donors (Lipinski definition) is 1. The number of halogens is 1. The first-order valence-corrected chi connectivity index (χ1v) is 10.3. The first-order valence-electron chi connectivity index (χ1n) is 10.3. The molecule has 1 aromatic heterocycles. The Hall–Kier alpha value is -2.54. The molecule has 0 unspecified atom stereocenters. The number of hydrogen-bond acceptors (Lipinski definition) is 5. The van der Waals surface area contributed by atoms with E-state index in [1.165, 1.54) is 17.7 Å². The third kappa shape index (κ3) is 4.24. The van der Waals surface area contributed by atoms with Crippen molar-refractivity contribution in [3.8, 4) is 0 Å². The molecule has 1 fully saturated rings. The first-order chi connectivity index (χ1) is 14.0. The molecule has 1 saturated heterocycles. The van der Waals surface area contributed by atoms with E-state index in [4.69, 9.17) is 15.1 Å². The standard InChI is InChI=1S/C22H27FN4O2/c1-15-19-3-2-10-27(13-16-4-6-18(23)7-5-16)22(19)25-21(24-15)17-8-11-26(12-9-17)20(29)14-28/h4-7,17,28H,2-3,8-14H2,1H3. The highest BCUT2D eigenvalue weighted by Gasteiger charge is 2.28. The molecule has 29 heavy (non-hydrogen) atoms. The molecule has 0 spiro atoms. The van der Waals surface area contributed by atoms with E-state index in [0.717, 1.165) is 55.1 Å². The number of rotatable bonds is 4. The molecule has 0 radical (unpaired) electrons. The molecule has 1 N–H and O–H groups in total. The second kappa shape index (κ2) is 8.45. The van der Waals surface area contributed by atoms with Crippen molar-refractivity contribution in [2.45, 2.75) is 45.1 Å². The number of amides is 1. The minimum atomic E-state index is -0.433. The van der Waals surface area contributed by atoms with Gasteiger partial charge in [-0.15, -0.1) is 0 Å². The van der Waals surface area contributed by atoms with Crippen LogP contribution in [0.3, 0.4) is 0 Å². The van der Waals surface area contributed by atoms with Crippen molar-refractivity contribution in [1.82, 2.24) is 14.9 Å². The van der Waals surface area contributed by atoms with Crippen LogP contribution in [-0.2, 0) is 17.8 Å². The van der Waals surface area contributed by atoms with Crippen LogP contribution in [-0.4, -0.2) is 52.1 Å². The largest absolute Gasteiger partial charge is 0.387 e. The fourth-order valence-corrected chi connectivity index (χ4v) is 4.34. The van der Waals surface area contributed by atoms with Crippen LogP contribution in [0.5, 0.6) is 0 Å². The Balaban J connectivity index is 1.55. The van der Waals surface area contributed by atoms with Crippen molar-refractivity contribution < 1.29 is 14.3 Å². The minimum absolute atomic E-state index is 0.212. The number of fused-ring (bicyclic) bond motifs is 1. The van der Waals surface area contributed by atoms with Crippen LogP contribution in [0.4, 0.5) is 10.2 Å². The molecule has 6 nitrogen and oxygen atoms in total. The van der Waals surface area contributed by atoms with Gasteiger partial charge in [-0.25, -0.2) is 14.4 Å². The summed E-state index contributed by atoms with van der Waals surface area (Å²) in [5, 5.41) is 9.06. The van der Waals surface area contributed by atoms with Gasteiger partial charge in [0.25, 0.3) is 0 Å². The molecule has 0 atom stereocenters. The maximum absolute atomic E-state index is 13.2. The topological polar surface area (TPSA) is 69.6 Å². The van der Waals surface area contributed by atoms with E-state index in [1.54, 1.807) is 4.90 Å². The second-order valence-electron chi connectivity index (χ2n) is 7.93. The number of piperidine rings is 1. The van der Waals surface area contributed by atoms with Crippen LogP contribution in [0.1, 0.15) is 47.8 Å². The van der Waals surface area contributed by atoms with E-state index < -0.39 is 6.61 Å². The number of aryl methyl sites for hydroxylation is 1. The predicted octanol–water partition coefficient (Wildman–Crippen LogP) is 2.58. The van der Waals surface area contributed by atoms with E-state index in [9.17, 15) is 9.18 Å². The van der Waals surface area contributed by atoms with Crippen molar-refractivity contribution >= 4 is 11.7 Å². The molecule has 4 rings (SSSR count). The predicted molar refractivity (Wildman–Crippen MR) is 108 cm³/mol. The fraction of sp³-hybridized carbons (Fsp3) is 0.500. The molecule has 0 bridgehead atoms. The SMILES string of the molecule is Cc1nc(C2CCN(C(=O)CO)CC2)nc2c1CCCN2Cc1ccc(F)cc1. The molecule has 3 heterocycles. The Morgan fingerprint density at radius 1 is 1.17 bits per heavy atom. The van der Waals surface area contributed by atoms with Gasteiger partial charge in [-0.2, -0.15) is 0 Å². The van der Waals surface area contributed by atoms with Crippen LogP contribution < -0.4 is 4.90 Å². The molecule has 2 aliphatic heterocycles. The molecule has 2 aromatic rings. The van der Waals surface area contributed by atoms with Crippen LogP contribution in [0.25, 0.3) is 0 Å². The van der Waals surface area contributed by atoms with Gasteiger partial charge < -0.3 is 14.9 Å². The Morgan fingerprint density at radius 2 is 1.90 bits per heavy atom. The molecule has 2 aliphatic rings. The van der Waals surface area contributed by atoms with Crippen LogP contribution in [0.2, 0.25) is 0 Å². The number of nitrogens with zero attached hydrogens (tertiary/aromatic N) is 4. The normalized spacial score (nSPS) is 17.3. The first kappa shape index (κ1) is 19.8. The van der Waals surface area contributed by atoms with Crippen molar-refractivity contribution in [2.24, 2.45) is 0 Å². The van der Waals surface area contributed by atoms with Crippen LogP contribution in [0, 0.1) is 12.7 Å². The highest BCUT2D eigenvalue weighted by Crippen LogP contribution is 2.32. The quantitative estimate of drug-likeness (QED) is 0.857. The van der Waals surface area contributed by atoms with E-state index in [-0.39, 0.29) is 17.6 Å². The van der Waals surface area contributed by atoms with Gasteiger partial charge in [0.1, 0.15) is 24.1 Å². The van der Waals surface area contributed by atoms with E-state index in [1.807, 2.05) is 12.1 Å². The summed E-state index contributed by atoms with van der Waals surface area (Å²) in [4.78, 5) is 25.5. The lowest BCUT2D eigenvalue weighted by Gasteiger charge is -2.34. The Bertz CT molecular complexity index is 879. The molecule has 7 heteroatoms. The molecular formula is C22H27FN4O2. The average Bonchev–Trinajstić information content (AvgIpc) is 2.75. The van der Waals surface area contributed by atoms with Crippen molar-refractivity contribution in [2.75, 3.05) is 31.1 Å². The number of aromatic nitrogens is 2. The summed E-state index contributed by atoms with van der Waals surface area (Å²) >= 11 is 0. The second-order valence-corrected chi connectivity index (χ2v) is 7.93. The highest BCUT2D eigenvalue weighted by atomic mass is 19.1. The van der Waals surface area contributed by atoms with Crippen molar-refractivity contribution in [1.29, 1.82) is 0 Å². The number of aliphatic hydroxyl groups excluding tert-OH is 1. The lowest BCUT2D eigenvalue weighted by Crippen LogP contribution is -2.40. The van der Waals surface area contributed by atoms with Gasteiger partial charge in [0, 0.05) is 43.4 Å². The average molecular weight is 398 g/mol. The Labute approximate surface area is 170 Å². The monoisotopic (exact) mass is 398 g/mol. The summed E-state index contributed by atoms with van der Waals surface area (Å²) in [6, 6.07) is 6.65. The summed E-state index contributed by atoms with van der Waals surface area (Å²) in [6.45, 7) is 4.50. The number of benzene rings is 1. The summed E-state index contributed by atoms with van der Waals surface area (Å²) in [6.07, 6.45) is 3.65. The van der Waals surface area contributed by atoms with Crippen molar-refractivity contribution in [3.05, 3.63) is 52.7 Å². The third-order valence-corrected chi connectivity index (χ3v) is 6.00. The molecule has 0 saturated carbocycles. The van der Waals surface area contributed by atoms with Crippen LogP contribution in [0.15, 0.2) is 24.3 Å². The summed E-state index contributed by atoms with van der Waals surface area (Å²) in [7, 11) is 0. The smallest absolute Gasteiger partial charge is 0.248 e. The van der Waals surface area contributed by atoms with E-state index in [2.05, 4.69) is 11.8 Å². The third-order valence-electron chi connectivity index (χ3n) is 6.00. The Kier molecular flexibility index (Phi) is 5.76. The van der Waals surface area contributed by atoms with Gasteiger partial charge >= 0.3 is 0 Å². The summed E-state index contributed by atoms with van der Waals surface area (Å²) in [5.74, 6) is 1.63. The van der Waals surface area contributed by atoms with Gasteiger partial charge in [0.2, 0.25) is 5.91 Å². The van der Waals surface area contributed by atoms with Gasteiger partial charge in [0.05, 0.1) is 0 Å². The summed E-state index contributed by atoms with van der Waals surface area (Å²) in [5.41, 5.74) is 3.30. The lowest BCUT2D eigenvalue weighted by molar-refractivity contribution is -0.135. The highest BCUT2D eigenvalue weighted by molar-refractivity contribution is 5.77. The maximum atomic E-state index is 13.2. The maximum Gasteiger partial charge on any atom is 0.248 e. The number of aliphatic hydroxyl groups is 1. The van der Waals surface area contributed by atoms with Crippen molar-refractivity contribution in [3.63, 3.8) is 0 Å². The zero-order valence-electron chi connectivity index (χ0n) is 16.8. The lowest BCUT2D eigenvalue weighted by atomic mass is 9.95. The van der Waals surface area contributed by atoms with Gasteiger partial charge in [-0.3, -0.25) is 4.79 Å². The van der Waals surface area contributed by atoms with Gasteiger partial charge in [-0.1, -0.05) is 12.1 Å². The molecule has 1 aromatic carbocycles.